The van der Waals surface area contributed by atoms with E-state index < -0.39 is 0 Å². The van der Waals surface area contributed by atoms with Crippen molar-refractivity contribution in [3.63, 3.8) is 0 Å². The Bertz CT molecular complexity index is 294. The molecule has 2 aliphatic heterocycles. The Morgan fingerprint density at radius 3 is 2.58 bits per heavy atom. The van der Waals surface area contributed by atoms with Crippen LogP contribution in [0.5, 0.6) is 0 Å². The van der Waals surface area contributed by atoms with Gasteiger partial charge in [0.15, 0.2) is 0 Å². The summed E-state index contributed by atoms with van der Waals surface area (Å²) in [5, 5.41) is 0. The number of hydrogen-bond acceptors (Lipinski definition) is 2. The van der Waals surface area contributed by atoms with Crippen LogP contribution in [0.15, 0.2) is 0 Å². The molecule has 0 aromatic carbocycles. The molecule has 0 N–H and O–H groups in total. The quantitative estimate of drug-likeness (QED) is 0.768. The minimum atomic E-state index is 0.676. The normalized spacial score (nSPS) is 32.1. The van der Waals surface area contributed by atoms with Crippen molar-refractivity contribution in [2.75, 3.05) is 32.7 Å². The minimum absolute atomic E-state index is 0.676. The molecule has 0 spiro atoms. The second-order valence-electron chi connectivity index (χ2n) is 7.87. The molecule has 1 aliphatic carbocycles. The molecule has 0 amide bonds. The Balaban J connectivity index is 1.59. The number of nitrogens with zero attached hydrogens (tertiary/aromatic N) is 2. The summed E-state index contributed by atoms with van der Waals surface area (Å²) in [5.74, 6) is 0.867. The monoisotopic (exact) mass is 264 g/mol. The summed E-state index contributed by atoms with van der Waals surface area (Å²) in [6.07, 6.45) is 10.3. The van der Waals surface area contributed by atoms with Crippen LogP contribution in [0.3, 0.4) is 0 Å². The zero-order valence-electron chi connectivity index (χ0n) is 13.0. The highest BCUT2D eigenvalue weighted by atomic mass is 15.3. The lowest BCUT2D eigenvalue weighted by Gasteiger charge is -2.43. The number of piperazine rings is 1. The average molecular weight is 264 g/mol. The second kappa shape index (κ2) is 5.73. The molecule has 3 fully saturated rings. The maximum Gasteiger partial charge on any atom is 0.0224 e. The van der Waals surface area contributed by atoms with Gasteiger partial charge in [-0.15, -0.1) is 0 Å². The van der Waals surface area contributed by atoms with E-state index in [2.05, 4.69) is 23.6 Å². The fraction of sp³-hybridized carbons (Fsp3) is 1.00. The van der Waals surface area contributed by atoms with Crippen LogP contribution < -0.4 is 0 Å². The number of fused-ring (bicyclic) bond motifs is 1. The van der Waals surface area contributed by atoms with E-state index in [0.29, 0.717) is 5.41 Å². The SMILES string of the molecule is CC(C)CC1(CN2CCN3CCCC3C2)CCCC1. The van der Waals surface area contributed by atoms with Crippen LogP contribution in [0, 0.1) is 11.3 Å². The van der Waals surface area contributed by atoms with Gasteiger partial charge in [-0.3, -0.25) is 9.80 Å². The van der Waals surface area contributed by atoms with Gasteiger partial charge in [0.25, 0.3) is 0 Å². The van der Waals surface area contributed by atoms with Crippen LogP contribution in [0.1, 0.15) is 58.8 Å². The first-order valence-corrected chi connectivity index (χ1v) is 8.63. The third-order valence-electron chi connectivity index (χ3n) is 5.74. The van der Waals surface area contributed by atoms with E-state index in [1.165, 1.54) is 77.7 Å². The van der Waals surface area contributed by atoms with E-state index in [4.69, 9.17) is 0 Å². The van der Waals surface area contributed by atoms with Crippen molar-refractivity contribution in [3.05, 3.63) is 0 Å². The van der Waals surface area contributed by atoms with Crippen molar-refractivity contribution in [2.24, 2.45) is 11.3 Å². The van der Waals surface area contributed by atoms with E-state index in [0.717, 1.165) is 12.0 Å². The van der Waals surface area contributed by atoms with Crippen molar-refractivity contribution in [3.8, 4) is 0 Å². The van der Waals surface area contributed by atoms with Crippen LogP contribution in [-0.4, -0.2) is 48.6 Å². The lowest BCUT2D eigenvalue weighted by atomic mass is 9.78. The average Bonchev–Trinajstić information content (AvgIpc) is 2.97. The Kier molecular flexibility index (Phi) is 4.19. The fourth-order valence-electron chi connectivity index (χ4n) is 5.09. The van der Waals surface area contributed by atoms with Crippen molar-refractivity contribution >= 4 is 0 Å². The molecule has 0 bridgehead atoms. The van der Waals surface area contributed by atoms with Gasteiger partial charge in [-0.1, -0.05) is 26.7 Å². The number of hydrogen-bond donors (Lipinski definition) is 0. The predicted octanol–water partition coefficient (Wildman–Crippen LogP) is 3.37. The summed E-state index contributed by atoms with van der Waals surface area (Å²) < 4.78 is 0. The highest BCUT2D eigenvalue weighted by molar-refractivity contribution is 4.93. The highest BCUT2D eigenvalue weighted by Gasteiger charge is 2.38. The van der Waals surface area contributed by atoms with Gasteiger partial charge in [-0.2, -0.15) is 0 Å². The van der Waals surface area contributed by atoms with Gasteiger partial charge in [-0.05, 0) is 50.0 Å². The Morgan fingerprint density at radius 2 is 1.84 bits per heavy atom. The molecule has 110 valence electrons. The summed E-state index contributed by atoms with van der Waals surface area (Å²) in [6, 6.07) is 0.895. The molecule has 3 rings (SSSR count). The molecule has 2 nitrogen and oxygen atoms in total. The fourth-order valence-corrected chi connectivity index (χ4v) is 5.09. The first kappa shape index (κ1) is 13.9. The third-order valence-corrected chi connectivity index (χ3v) is 5.74. The van der Waals surface area contributed by atoms with E-state index in [1.54, 1.807) is 0 Å². The van der Waals surface area contributed by atoms with Crippen molar-refractivity contribution in [1.29, 1.82) is 0 Å². The number of rotatable bonds is 4. The highest BCUT2D eigenvalue weighted by Crippen LogP contribution is 2.44. The first-order chi connectivity index (χ1) is 9.17. The summed E-state index contributed by atoms with van der Waals surface area (Å²) in [7, 11) is 0. The van der Waals surface area contributed by atoms with Crippen LogP contribution in [0.4, 0.5) is 0 Å². The Hall–Kier alpha value is -0.0800. The molecule has 2 heteroatoms. The molecular formula is C17H32N2. The molecule has 0 aromatic heterocycles. The molecule has 1 unspecified atom stereocenters. The van der Waals surface area contributed by atoms with Crippen molar-refractivity contribution < 1.29 is 0 Å². The molecule has 19 heavy (non-hydrogen) atoms. The van der Waals surface area contributed by atoms with Gasteiger partial charge in [0.2, 0.25) is 0 Å². The maximum absolute atomic E-state index is 2.82. The van der Waals surface area contributed by atoms with Gasteiger partial charge in [-0.25, -0.2) is 0 Å². The van der Waals surface area contributed by atoms with E-state index in [1.807, 2.05) is 0 Å². The van der Waals surface area contributed by atoms with Crippen LogP contribution in [0.25, 0.3) is 0 Å². The summed E-state index contributed by atoms with van der Waals surface area (Å²) in [4.78, 5) is 5.56. The molecule has 3 aliphatic rings. The largest absolute Gasteiger partial charge is 0.300 e. The molecule has 2 saturated heterocycles. The standard InChI is InChI=1S/C17H32N2/c1-15(2)12-17(7-3-4-8-17)14-18-10-11-19-9-5-6-16(19)13-18/h15-16H,3-14H2,1-2H3. The molecule has 0 radical (unpaired) electrons. The zero-order chi connectivity index (χ0) is 13.3. The molecule has 1 saturated carbocycles. The Labute approximate surface area is 119 Å². The van der Waals surface area contributed by atoms with Crippen LogP contribution in [-0.2, 0) is 0 Å². The zero-order valence-corrected chi connectivity index (χ0v) is 13.0. The van der Waals surface area contributed by atoms with Crippen molar-refractivity contribution in [1.82, 2.24) is 9.80 Å². The molecule has 1 atom stereocenters. The molecular weight excluding hydrogens is 232 g/mol. The van der Waals surface area contributed by atoms with Gasteiger partial charge in [0, 0.05) is 32.2 Å². The summed E-state index contributed by atoms with van der Waals surface area (Å²) in [5.41, 5.74) is 0.676. The smallest absolute Gasteiger partial charge is 0.0224 e. The van der Waals surface area contributed by atoms with Crippen LogP contribution in [0.2, 0.25) is 0 Å². The first-order valence-electron chi connectivity index (χ1n) is 8.63. The minimum Gasteiger partial charge on any atom is -0.300 e. The lowest BCUT2D eigenvalue weighted by Crippen LogP contribution is -2.52. The van der Waals surface area contributed by atoms with Gasteiger partial charge in [0.1, 0.15) is 0 Å². The van der Waals surface area contributed by atoms with Crippen molar-refractivity contribution in [2.45, 2.75) is 64.8 Å². The Morgan fingerprint density at radius 1 is 1.05 bits per heavy atom. The maximum atomic E-state index is 2.82. The van der Waals surface area contributed by atoms with E-state index in [-0.39, 0.29) is 0 Å². The summed E-state index contributed by atoms with van der Waals surface area (Å²) >= 11 is 0. The molecule has 0 aromatic rings. The summed E-state index contributed by atoms with van der Waals surface area (Å²) in [6.45, 7) is 11.6. The van der Waals surface area contributed by atoms with Gasteiger partial charge in [0.05, 0.1) is 0 Å². The third kappa shape index (κ3) is 3.16. The lowest BCUT2D eigenvalue weighted by molar-refractivity contribution is 0.0571. The van der Waals surface area contributed by atoms with Gasteiger partial charge < -0.3 is 0 Å². The second-order valence-corrected chi connectivity index (χ2v) is 7.87. The van der Waals surface area contributed by atoms with E-state index in [9.17, 15) is 0 Å². The van der Waals surface area contributed by atoms with E-state index >= 15 is 0 Å². The predicted molar refractivity (Wildman–Crippen MR) is 81.4 cm³/mol. The van der Waals surface area contributed by atoms with Crippen LogP contribution >= 0.6 is 0 Å². The molecule has 2 heterocycles. The van der Waals surface area contributed by atoms with Gasteiger partial charge >= 0.3 is 0 Å². The topological polar surface area (TPSA) is 6.48 Å².